The van der Waals surface area contributed by atoms with Crippen LogP contribution in [0.5, 0.6) is 0 Å². The number of pyridine rings is 1. The van der Waals surface area contributed by atoms with Gasteiger partial charge in [0.1, 0.15) is 0 Å². The van der Waals surface area contributed by atoms with E-state index >= 15 is 0 Å². The molecular formula is C13H20N2O. The summed E-state index contributed by atoms with van der Waals surface area (Å²) in [4.78, 5) is 11.7. The third-order valence-corrected chi connectivity index (χ3v) is 2.36. The molecule has 0 saturated carbocycles. The van der Waals surface area contributed by atoms with Gasteiger partial charge in [0.05, 0.1) is 0 Å². The average molecular weight is 220 g/mol. The molecule has 16 heavy (non-hydrogen) atoms. The Kier molecular flexibility index (Phi) is 4.50. The van der Waals surface area contributed by atoms with E-state index < -0.39 is 0 Å². The fraction of sp³-hybridized carbons (Fsp3) is 0.462. The van der Waals surface area contributed by atoms with Gasteiger partial charge in [-0.2, -0.15) is 0 Å². The maximum atomic E-state index is 11.7. The van der Waals surface area contributed by atoms with Gasteiger partial charge in [-0.15, -0.1) is 0 Å². The molecule has 1 rings (SSSR count). The zero-order valence-corrected chi connectivity index (χ0v) is 10.3. The van der Waals surface area contributed by atoms with Crippen molar-refractivity contribution in [3.8, 4) is 0 Å². The fourth-order valence-electron chi connectivity index (χ4n) is 1.43. The molecule has 0 aliphatic carbocycles. The first-order chi connectivity index (χ1) is 7.50. The van der Waals surface area contributed by atoms with Crippen molar-refractivity contribution >= 4 is 0 Å². The van der Waals surface area contributed by atoms with Crippen molar-refractivity contribution in [2.75, 3.05) is 6.54 Å². The minimum Gasteiger partial charge on any atom is -0.311 e. The van der Waals surface area contributed by atoms with E-state index in [0.717, 1.165) is 17.7 Å². The summed E-state index contributed by atoms with van der Waals surface area (Å²) in [5.41, 5.74) is 1.85. The van der Waals surface area contributed by atoms with Crippen molar-refractivity contribution in [2.45, 2.75) is 33.4 Å². The number of rotatable bonds is 5. The van der Waals surface area contributed by atoms with Crippen LogP contribution < -0.4 is 10.9 Å². The predicted octanol–water partition coefficient (Wildman–Crippen LogP) is 1.71. The topological polar surface area (TPSA) is 34.0 Å². The Hall–Kier alpha value is -1.35. The van der Waals surface area contributed by atoms with Gasteiger partial charge in [0.15, 0.2) is 0 Å². The van der Waals surface area contributed by atoms with Gasteiger partial charge >= 0.3 is 0 Å². The molecule has 0 atom stereocenters. The molecule has 0 saturated heterocycles. The standard InChI is InChI=1S/C13H20N2O/c1-10(2)14-8-11(3)9-15-7-5-6-12(4)13(15)16/h5-7,10,14H,3,8-9H2,1-2,4H3. The number of nitrogens with zero attached hydrogens (tertiary/aromatic N) is 1. The van der Waals surface area contributed by atoms with Crippen LogP contribution in [-0.4, -0.2) is 17.2 Å². The molecule has 1 aromatic rings. The van der Waals surface area contributed by atoms with Crippen LogP contribution >= 0.6 is 0 Å². The van der Waals surface area contributed by atoms with E-state index in [2.05, 4.69) is 25.7 Å². The number of nitrogens with one attached hydrogen (secondary N) is 1. The van der Waals surface area contributed by atoms with Crippen LogP contribution in [0.4, 0.5) is 0 Å². The van der Waals surface area contributed by atoms with Crippen molar-refractivity contribution < 1.29 is 0 Å². The molecule has 88 valence electrons. The van der Waals surface area contributed by atoms with Crippen molar-refractivity contribution in [3.05, 3.63) is 46.4 Å². The quantitative estimate of drug-likeness (QED) is 0.766. The highest BCUT2D eigenvalue weighted by Crippen LogP contribution is 1.96. The lowest BCUT2D eigenvalue weighted by molar-refractivity contribution is 0.599. The molecule has 1 N–H and O–H groups in total. The second-order valence-corrected chi connectivity index (χ2v) is 4.41. The summed E-state index contributed by atoms with van der Waals surface area (Å²) >= 11 is 0. The monoisotopic (exact) mass is 220 g/mol. The number of hydrogen-bond acceptors (Lipinski definition) is 2. The maximum absolute atomic E-state index is 11.7. The van der Waals surface area contributed by atoms with Gasteiger partial charge in [-0.25, -0.2) is 0 Å². The van der Waals surface area contributed by atoms with E-state index in [-0.39, 0.29) is 5.56 Å². The predicted molar refractivity (Wildman–Crippen MR) is 67.7 cm³/mol. The zero-order chi connectivity index (χ0) is 12.1. The molecule has 0 aromatic carbocycles. The van der Waals surface area contributed by atoms with E-state index in [1.807, 2.05) is 19.1 Å². The Morgan fingerprint density at radius 1 is 1.56 bits per heavy atom. The first-order valence-electron chi connectivity index (χ1n) is 5.57. The molecule has 0 fully saturated rings. The highest BCUT2D eigenvalue weighted by atomic mass is 16.1. The van der Waals surface area contributed by atoms with Crippen molar-refractivity contribution in [1.82, 2.24) is 9.88 Å². The highest BCUT2D eigenvalue weighted by molar-refractivity contribution is 5.09. The Balaban J connectivity index is 2.63. The first-order valence-corrected chi connectivity index (χ1v) is 5.57. The third-order valence-electron chi connectivity index (χ3n) is 2.36. The Labute approximate surface area is 96.8 Å². The molecule has 0 bridgehead atoms. The Bertz CT molecular complexity index is 418. The van der Waals surface area contributed by atoms with Crippen LogP contribution in [0.25, 0.3) is 0 Å². The molecule has 1 aromatic heterocycles. The summed E-state index contributed by atoms with van der Waals surface area (Å²) in [6.07, 6.45) is 1.80. The van der Waals surface area contributed by atoms with Crippen molar-refractivity contribution in [2.24, 2.45) is 0 Å². The van der Waals surface area contributed by atoms with Gasteiger partial charge in [-0.3, -0.25) is 4.79 Å². The summed E-state index contributed by atoms with van der Waals surface area (Å²) in [6, 6.07) is 4.15. The molecule has 0 radical (unpaired) electrons. The average Bonchev–Trinajstić information content (AvgIpc) is 2.22. The van der Waals surface area contributed by atoms with Crippen LogP contribution in [0, 0.1) is 6.92 Å². The molecule has 0 unspecified atom stereocenters. The summed E-state index contributed by atoms with van der Waals surface area (Å²) in [6.45, 7) is 11.3. The molecule has 3 nitrogen and oxygen atoms in total. The van der Waals surface area contributed by atoms with Crippen LogP contribution in [0.3, 0.4) is 0 Å². The van der Waals surface area contributed by atoms with Crippen LogP contribution in [0.1, 0.15) is 19.4 Å². The number of aromatic nitrogens is 1. The van der Waals surface area contributed by atoms with Gasteiger partial charge in [-0.05, 0) is 18.6 Å². The van der Waals surface area contributed by atoms with Gasteiger partial charge < -0.3 is 9.88 Å². The fourth-order valence-corrected chi connectivity index (χ4v) is 1.43. The normalized spacial score (nSPS) is 10.8. The Morgan fingerprint density at radius 3 is 2.88 bits per heavy atom. The van der Waals surface area contributed by atoms with Crippen molar-refractivity contribution in [3.63, 3.8) is 0 Å². The molecule has 0 amide bonds. The van der Waals surface area contributed by atoms with Gasteiger partial charge in [-0.1, -0.05) is 26.5 Å². The lowest BCUT2D eigenvalue weighted by Gasteiger charge is -2.12. The molecular weight excluding hydrogens is 200 g/mol. The van der Waals surface area contributed by atoms with Crippen LogP contribution in [0.15, 0.2) is 35.3 Å². The Morgan fingerprint density at radius 2 is 2.25 bits per heavy atom. The minimum atomic E-state index is 0.0631. The van der Waals surface area contributed by atoms with Gasteiger partial charge in [0.25, 0.3) is 5.56 Å². The van der Waals surface area contributed by atoms with E-state index in [0.29, 0.717) is 12.6 Å². The second kappa shape index (κ2) is 5.66. The minimum absolute atomic E-state index is 0.0631. The lowest BCUT2D eigenvalue weighted by Crippen LogP contribution is -2.28. The van der Waals surface area contributed by atoms with Gasteiger partial charge in [0, 0.05) is 30.9 Å². The first kappa shape index (κ1) is 12.7. The molecule has 0 aliphatic rings. The highest BCUT2D eigenvalue weighted by Gasteiger charge is 2.01. The van der Waals surface area contributed by atoms with Crippen LogP contribution in [-0.2, 0) is 6.54 Å². The maximum Gasteiger partial charge on any atom is 0.253 e. The second-order valence-electron chi connectivity index (χ2n) is 4.41. The van der Waals surface area contributed by atoms with E-state index in [9.17, 15) is 4.79 Å². The number of aryl methyl sites for hydroxylation is 1. The van der Waals surface area contributed by atoms with E-state index in [4.69, 9.17) is 0 Å². The molecule has 0 spiro atoms. The summed E-state index contributed by atoms with van der Waals surface area (Å²) in [5, 5.41) is 3.28. The summed E-state index contributed by atoms with van der Waals surface area (Å²) in [5.74, 6) is 0. The largest absolute Gasteiger partial charge is 0.311 e. The molecule has 1 heterocycles. The van der Waals surface area contributed by atoms with Crippen molar-refractivity contribution in [1.29, 1.82) is 0 Å². The molecule has 0 aliphatic heterocycles. The van der Waals surface area contributed by atoms with Crippen LogP contribution in [0.2, 0.25) is 0 Å². The van der Waals surface area contributed by atoms with E-state index in [1.165, 1.54) is 0 Å². The summed E-state index contributed by atoms with van der Waals surface area (Å²) < 4.78 is 1.69. The third kappa shape index (κ3) is 3.66. The SMILES string of the molecule is C=C(CNC(C)C)Cn1cccc(C)c1=O. The van der Waals surface area contributed by atoms with Gasteiger partial charge in [0.2, 0.25) is 0 Å². The van der Waals surface area contributed by atoms with E-state index in [1.54, 1.807) is 10.8 Å². The zero-order valence-electron chi connectivity index (χ0n) is 10.3. The number of hydrogen-bond donors (Lipinski definition) is 1. The molecule has 3 heteroatoms. The lowest BCUT2D eigenvalue weighted by atomic mass is 10.2. The summed E-state index contributed by atoms with van der Waals surface area (Å²) in [7, 11) is 0. The smallest absolute Gasteiger partial charge is 0.253 e.